The number of hydrogen-bond acceptors (Lipinski definition) is 8. The SMILES string of the molecule is CN(C)Cc1nc(CSCCNc2ncc(Cc3ccccn3)c(=O)[nH]2)cs1. The Labute approximate surface area is 172 Å². The van der Waals surface area contributed by atoms with E-state index in [0.717, 1.165) is 41.0 Å². The summed E-state index contributed by atoms with van der Waals surface area (Å²) in [5, 5.41) is 6.43. The fourth-order valence-electron chi connectivity index (χ4n) is 2.51. The zero-order chi connectivity index (χ0) is 19.8. The number of aromatic amines is 1. The number of anilines is 1. The van der Waals surface area contributed by atoms with E-state index in [-0.39, 0.29) is 5.56 Å². The fraction of sp³-hybridized carbons (Fsp3) is 0.368. The lowest BCUT2D eigenvalue weighted by Gasteiger charge is -2.06. The first-order valence-electron chi connectivity index (χ1n) is 8.98. The molecule has 0 saturated heterocycles. The van der Waals surface area contributed by atoms with E-state index in [4.69, 9.17) is 0 Å². The highest BCUT2D eigenvalue weighted by molar-refractivity contribution is 7.98. The molecule has 3 rings (SSSR count). The number of H-pyrrole nitrogens is 1. The Bertz CT molecular complexity index is 925. The average molecular weight is 417 g/mol. The smallest absolute Gasteiger partial charge is 0.255 e. The van der Waals surface area contributed by atoms with E-state index in [9.17, 15) is 4.79 Å². The maximum Gasteiger partial charge on any atom is 0.255 e. The van der Waals surface area contributed by atoms with Crippen LogP contribution in [0.4, 0.5) is 5.95 Å². The Morgan fingerprint density at radius 2 is 2.14 bits per heavy atom. The van der Waals surface area contributed by atoms with Crippen molar-refractivity contribution in [3.05, 3.63) is 68.3 Å². The summed E-state index contributed by atoms with van der Waals surface area (Å²) in [6, 6.07) is 5.66. The van der Waals surface area contributed by atoms with Gasteiger partial charge in [-0.1, -0.05) is 6.07 Å². The quantitative estimate of drug-likeness (QED) is 0.491. The first kappa shape index (κ1) is 20.5. The van der Waals surface area contributed by atoms with Gasteiger partial charge < -0.3 is 10.2 Å². The van der Waals surface area contributed by atoms with Crippen LogP contribution in [0.3, 0.4) is 0 Å². The topological polar surface area (TPSA) is 86.8 Å². The molecule has 0 aliphatic carbocycles. The summed E-state index contributed by atoms with van der Waals surface area (Å²) in [5.41, 5.74) is 2.45. The molecule has 3 aromatic rings. The number of nitrogens with zero attached hydrogens (tertiary/aromatic N) is 4. The molecule has 3 aromatic heterocycles. The van der Waals surface area contributed by atoms with Crippen molar-refractivity contribution in [3.8, 4) is 0 Å². The molecule has 0 aromatic carbocycles. The van der Waals surface area contributed by atoms with Gasteiger partial charge in [0, 0.05) is 60.0 Å². The first-order chi connectivity index (χ1) is 13.6. The van der Waals surface area contributed by atoms with Gasteiger partial charge >= 0.3 is 0 Å². The van der Waals surface area contributed by atoms with Crippen molar-refractivity contribution in [2.75, 3.05) is 31.7 Å². The molecule has 0 aliphatic heterocycles. The molecular formula is C19H24N6OS2. The molecule has 2 N–H and O–H groups in total. The van der Waals surface area contributed by atoms with Gasteiger partial charge in [-0.15, -0.1) is 11.3 Å². The van der Waals surface area contributed by atoms with E-state index in [0.29, 0.717) is 17.9 Å². The van der Waals surface area contributed by atoms with E-state index in [2.05, 4.69) is 35.5 Å². The van der Waals surface area contributed by atoms with Crippen LogP contribution in [0.25, 0.3) is 0 Å². The summed E-state index contributed by atoms with van der Waals surface area (Å²) < 4.78 is 0. The van der Waals surface area contributed by atoms with Gasteiger partial charge in [-0.25, -0.2) is 9.97 Å². The third-order valence-corrected chi connectivity index (χ3v) is 5.69. The molecule has 0 saturated carbocycles. The summed E-state index contributed by atoms with van der Waals surface area (Å²) in [6.07, 6.45) is 3.81. The Hall–Kier alpha value is -2.23. The highest BCUT2D eigenvalue weighted by Crippen LogP contribution is 2.16. The monoisotopic (exact) mass is 416 g/mol. The molecule has 0 fully saturated rings. The lowest BCUT2D eigenvalue weighted by Crippen LogP contribution is -2.18. The molecule has 3 heterocycles. The van der Waals surface area contributed by atoms with Crippen LogP contribution in [0, 0.1) is 0 Å². The van der Waals surface area contributed by atoms with Gasteiger partial charge in [0.15, 0.2) is 0 Å². The Balaban J connectivity index is 1.41. The van der Waals surface area contributed by atoms with E-state index < -0.39 is 0 Å². The van der Waals surface area contributed by atoms with Crippen molar-refractivity contribution >= 4 is 29.0 Å². The van der Waals surface area contributed by atoms with Crippen LogP contribution in [0.1, 0.15) is 22.0 Å². The molecule has 0 radical (unpaired) electrons. The Morgan fingerprint density at radius 1 is 1.25 bits per heavy atom. The van der Waals surface area contributed by atoms with E-state index in [1.165, 1.54) is 0 Å². The van der Waals surface area contributed by atoms with Gasteiger partial charge in [0.1, 0.15) is 5.01 Å². The second kappa shape index (κ2) is 10.4. The predicted octanol–water partition coefficient (Wildman–Crippen LogP) is 2.62. The summed E-state index contributed by atoms with van der Waals surface area (Å²) in [7, 11) is 4.09. The number of aromatic nitrogens is 4. The van der Waals surface area contributed by atoms with Crippen LogP contribution in [-0.4, -0.2) is 51.2 Å². The second-order valence-electron chi connectivity index (χ2n) is 6.53. The van der Waals surface area contributed by atoms with Crippen LogP contribution in [0.2, 0.25) is 0 Å². The van der Waals surface area contributed by atoms with E-state index in [1.54, 1.807) is 35.5 Å². The number of thioether (sulfide) groups is 1. The van der Waals surface area contributed by atoms with Crippen molar-refractivity contribution in [1.29, 1.82) is 0 Å². The van der Waals surface area contributed by atoms with Crippen LogP contribution >= 0.6 is 23.1 Å². The lowest BCUT2D eigenvalue weighted by atomic mass is 10.2. The molecule has 9 heteroatoms. The highest BCUT2D eigenvalue weighted by atomic mass is 32.2. The summed E-state index contributed by atoms with van der Waals surface area (Å²) >= 11 is 3.51. The minimum atomic E-state index is -0.133. The van der Waals surface area contributed by atoms with Crippen molar-refractivity contribution < 1.29 is 0 Å². The molecule has 0 bridgehead atoms. The standard InChI is InChI=1S/C19H24N6OS2/c1-25(2)11-17-23-16(13-28-17)12-27-8-7-21-19-22-10-14(18(26)24-19)9-15-5-3-4-6-20-15/h3-6,10,13H,7-9,11-12H2,1-2H3,(H2,21,22,24,26). The van der Waals surface area contributed by atoms with E-state index >= 15 is 0 Å². The van der Waals surface area contributed by atoms with Crippen LogP contribution in [0.5, 0.6) is 0 Å². The van der Waals surface area contributed by atoms with Gasteiger partial charge in [0.05, 0.1) is 5.69 Å². The van der Waals surface area contributed by atoms with Crippen LogP contribution < -0.4 is 10.9 Å². The van der Waals surface area contributed by atoms with Gasteiger partial charge in [0.2, 0.25) is 5.95 Å². The minimum Gasteiger partial charge on any atom is -0.355 e. The Morgan fingerprint density at radius 3 is 2.89 bits per heavy atom. The lowest BCUT2D eigenvalue weighted by molar-refractivity contribution is 0.401. The number of nitrogens with one attached hydrogen (secondary N) is 2. The normalized spacial score (nSPS) is 11.1. The molecule has 0 unspecified atom stereocenters. The van der Waals surface area contributed by atoms with E-state index in [1.807, 2.05) is 32.3 Å². The maximum absolute atomic E-state index is 12.2. The van der Waals surface area contributed by atoms with Crippen molar-refractivity contribution in [2.24, 2.45) is 0 Å². The predicted molar refractivity (Wildman–Crippen MR) is 116 cm³/mol. The van der Waals surface area contributed by atoms with Crippen LogP contribution in [-0.2, 0) is 18.7 Å². The van der Waals surface area contributed by atoms with Crippen molar-refractivity contribution in [2.45, 2.75) is 18.7 Å². The average Bonchev–Trinajstić information content (AvgIpc) is 3.11. The largest absolute Gasteiger partial charge is 0.355 e. The second-order valence-corrected chi connectivity index (χ2v) is 8.58. The number of thiazole rings is 1. The first-order valence-corrected chi connectivity index (χ1v) is 11.0. The summed E-state index contributed by atoms with van der Waals surface area (Å²) in [5.74, 6) is 2.29. The molecular weight excluding hydrogens is 392 g/mol. The summed E-state index contributed by atoms with van der Waals surface area (Å²) in [6.45, 7) is 1.61. The third-order valence-electron chi connectivity index (χ3n) is 3.81. The maximum atomic E-state index is 12.2. The third kappa shape index (κ3) is 6.43. The van der Waals surface area contributed by atoms with Gasteiger partial charge in [-0.2, -0.15) is 11.8 Å². The molecule has 28 heavy (non-hydrogen) atoms. The number of rotatable bonds is 10. The molecule has 0 spiro atoms. The number of pyridine rings is 1. The highest BCUT2D eigenvalue weighted by Gasteiger charge is 2.06. The summed E-state index contributed by atoms with van der Waals surface area (Å²) in [4.78, 5) is 30.3. The molecule has 148 valence electrons. The van der Waals surface area contributed by atoms with Gasteiger partial charge in [-0.05, 0) is 26.2 Å². The van der Waals surface area contributed by atoms with Crippen molar-refractivity contribution in [3.63, 3.8) is 0 Å². The van der Waals surface area contributed by atoms with Gasteiger partial charge in [0.25, 0.3) is 5.56 Å². The molecule has 0 atom stereocenters. The molecule has 7 nitrogen and oxygen atoms in total. The molecule has 0 aliphatic rings. The minimum absolute atomic E-state index is 0.133. The van der Waals surface area contributed by atoms with Crippen molar-refractivity contribution in [1.82, 2.24) is 24.8 Å². The Kier molecular flexibility index (Phi) is 7.58. The number of hydrogen-bond donors (Lipinski definition) is 2. The molecule has 0 amide bonds. The fourth-order valence-corrected chi connectivity index (χ4v) is 4.28. The zero-order valence-electron chi connectivity index (χ0n) is 16.0. The van der Waals surface area contributed by atoms with Gasteiger partial charge in [-0.3, -0.25) is 14.8 Å². The van der Waals surface area contributed by atoms with Crippen LogP contribution in [0.15, 0.2) is 40.8 Å². The zero-order valence-corrected chi connectivity index (χ0v) is 17.6.